The third-order valence-corrected chi connectivity index (χ3v) is 5.77. The highest BCUT2D eigenvalue weighted by Crippen LogP contribution is 2.36. The van der Waals surface area contributed by atoms with Crippen molar-refractivity contribution in [2.75, 3.05) is 21.3 Å². The fourth-order valence-electron chi connectivity index (χ4n) is 3.76. The van der Waals surface area contributed by atoms with Crippen LogP contribution in [0.3, 0.4) is 0 Å². The van der Waals surface area contributed by atoms with E-state index in [-0.39, 0.29) is 10.8 Å². The first-order valence-corrected chi connectivity index (χ1v) is 11.2. The van der Waals surface area contributed by atoms with Crippen LogP contribution in [0.2, 0.25) is 0 Å². The predicted molar refractivity (Wildman–Crippen MR) is 130 cm³/mol. The summed E-state index contributed by atoms with van der Waals surface area (Å²) in [6.45, 7) is 13.5. The van der Waals surface area contributed by atoms with Crippen LogP contribution < -0.4 is 9.47 Å². The van der Waals surface area contributed by atoms with Crippen molar-refractivity contribution >= 4 is 0 Å². The second-order valence-corrected chi connectivity index (χ2v) is 10.9. The van der Waals surface area contributed by atoms with Crippen molar-refractivity contribution in [2.24, 2.45) is 10.8 Å². The normalized spacial score (nSPS) is 14.4. The first-order chi connectivity index (χ1) is 14.8. The van der Waals surface area contributed by atoms with E-state index < -0.39 is 12.2 Å². The Morgan fingerprint density at radius 1 is 0.719 bits per heavy atom. The van der Waals surface area contributed by atoms with Crippen molar-refractivity contribution in [1.82, 2.24) is 4.90 Å². The fraction of sp³-hybridized carbons (Fsp3) is 0.556. The number of nitrogens with zero attached hydrogens (tertiary/aromatic N) is 1. The zero-order valence-electron chi connectivity index (χ0n) is 21.2. The number of methoxy groups -OCH3 is 2. The molecule has 2 aromatic rings. The van der Waals surface area contributed by atoms with E-state index in [1.807, 2.05) is 77.9 Å². The van der Waals surface area contributed by atoms with E-state index in [1.54, 1.807) is 14.2 Å². The fourth-order valence-corrected chi connectivity index (χ4v) is 3.76. The highest BCUT2D eigenvalue weighted by Gasteiger charge is 2.26. The molecule has 0 bridgehead atoms. The van der Waals surface area contributed by atoms with Crippen molar-refractivity contribution in [3.63, 3.8) is 0 Å². The average molecular weight is 444 g/mol. The minimum Gasteiger partial charge on any atom is -0.496 e. The van der Waals surface area contributed by atoms with Crippen LogP contribution in [0.4, 0.5) is 0 Å². The number of rotatable bonds is 8. The Kier molecular flexibility index (Phi) is 8.38. The SMILES string of the molecule is COc1cc(C(O)C(C)(C)C)ccc1CN(C)Cc1ccc(C(O)C(C)(C)C)cc1OC. The van der Waals surface area contributed by atoms with E-state index in [2.05, 4.69) is 11.9 Å². The molecule has 0 spiro atoms. The first-order valence-electron chi connectivity index (χ1n) is 11.2. The molecule has 0 heterocycles. The number of ether oxygens (including phenoxy) is 2. The van der Waals surface area contributed by atoms with E-state index in [0.29, 0.717) is 13.1 Å². The molecular formula is C27H41NO4. The third kappa shape index (κ3) is 6.47. The minimum absolute atomic E-state index is 0.243. The molecule has 0 fully saturated rings. The second-order valence-electron chi connectivity index (χ2n) is 10.9. The van der Waals surface area contributed by atoms with Gasteiger partial charge in [0.15, 0.2) is 0 Å². The zero-order valence-corrected chi connectivity index (χ0v) is 21.2. The molecular weight excluding hydrogens is 402 g/mol. The van der Waals surface area contributed by atoms with Gasteiger partial charge in [0.05, 0.1) is 26.4 Å². The average Bonchev–Trinajstić information content (AvgIpc) is 2.71. The van der Waals surface area contributed by atoms with Crippen molar-refractivity contribution in [3.8, 4) is 11.5 Å². The van der Waals surface area contributed by atoms with Gasteiger partial charge in [-0.1, -0.05) is 65.8 Å². The van der Waals surface area contributed by atoms with Crippen molar-refractivity contribution in [1.29, 1.82) is 0 Å². The molecule has 32 heavy (non-hydrogen) atoms. The van der Waals surface area contributed by atoms with Crippen LogP contribution in [0, 0.1) is 10.8 Å². The van der Waals surface area contributed by atoms with Gasteiger partial charge in [-0.25, -0.2) is 0 Å². The number of aliphatic hydroxyl groups is 2. The zero-order chi connectivity index (χ0) is 24.3. The van der Waals surface area contributed by atoms with Gasteiger partial charge in [-0.2, -0.15) is 0 Å². The lowest BCUT2D eigenvalue weighted by Crippen LogP contribution is -2.20. The molecule has 0 aliphatic rings. The Bertz CT molecular complexity index is 822. The molecule has 0 aliphatic heterocycles. The van der Waals surface area contributed by atoms with Gasteiger partial charge in [0.2, 0.25) is 0 Å². The highest BCUT2D eigenvalue weighted by molar-refractivity contribution is 5.40. The van der Waals surface area contributed by atoms with E-state index in [1.165, 1.54) is 0 Å². The van der Waals surface area contributed by atoms with Crippen LogP contribution >= 0.6 is 0 Å². The second kappa shape index (κ2) is 10.2. The molecule has 0 aromatic heterocycles. The van der Waals surface area contributed by atoms with Crippen LogP contribution in [0.15, 0.2) is 36.4 Å². The van der Waals surface area contributed by atoms with Gasteiger partial charge in [0, 0.05) is 24.2 Å². The summed E-state index contributed by atoms with van der Waals surface area (Å²) in [5.41, 5.74) is 3.34. The number of hydrogen-bond donors (Lipinski definition) is 2. The summed E-state index contributed by atoms with van der Waals surface area (Å²) in [5.74, 6) is 1.54. The number of hydrogen-bond acceptors (Lipinski definition) is 5. The largest absolute Gasteiger partial charge is 0.496 e. The summed E-state index contributed by atoms with van der Waals surface area (Å²) < 4.78 is 11.3. The van der Waals surface area contributed by atoms with Gasteiger partial charge >= 0.3 is 0 Å². The minimum atomic E-state index is -0.561. The molecule has 0 saturated carbocycles. The van der Waals surface area contributed by atoms with Gasteiger partial charge < -0.3 is 19.7 Å². The first kappa shape index (κ1) is 26.2. The lowest BCUT2D eigenvalue weighted by molar-refractivity contribution is 0.0624. The monoisotopic (exact) mass is 443 g/mol. The van der Waals surface area contributed by atoms with Crippen LogP contribution in [0.25, 0.3) is 0 Å². The van der Waals surface area contributed by atoms with Gasteiger partial charge in [0.1, 0.15) is 11.5 Å². The molecule has 5 nitrogen and oxygen atoms in total. The molecule has 178 valence electrons. The molecule has 5 heteroatoms. The van der Waals surface area contributed by atoms with Crippen LogP contribution in [0.5, 0.6) is 11.5 Å². The Hall–Kier alpha value is -2.08. The van der Waals surface area contributed by atoms with Gasteiger partial charge in [-0.15, -0.1) is 0 Å². The van der Waals surface area contributed by atoms with Gasteiger partial charge in [-0.3, -0.25) is 4.90 Å². The highest BCUT2D eigenvalue weighted by atomic mass is 16.5. The number of benzene rings is 2. The Labute approximate surface area is 194 Å². The van der Waals surface area contributed by atoms with E-state index in [9.17, 15) is 10.2 Å². The summed E-state index contributed by atoms with van der Waals surface area (Å²) >= 11 is 0. The summed E-state index contributed by atoms with van der Waals surface area (Å²) in [7, 11) is 5.37. The van der Waals surface area contributed by atoms with Crippen LogP contribution in [0.1, 0.15) is 76.0 Å². The molecule has 2 rings (SSSR count). The van der Waals surface area contributed by atoms with Crippen LogP contribution in [-0.4, -0.2) is 36.4 Å². The molecule has 0 saturated heterocycles. The third-order valence-electron chi connectivity index (χ3n) is 5.77. The maximum atomic E-state index is 10.6. The van der Waals surface area contributed by atoms with Crippen molar-refractivity contribution < 1.29 is 19.7 Å². The van der Waals surface area contributed by atoms with Gasteiger partial charge in [-0.05, 0) is 41.1 Å². The molecule has 0 amide bonds. The van der Waals surface area contributed by atoms with Crippen LogP contribution in [-0.2, 0) is 13.1 Å². The Morgan fingerprint density at radius 3 is 1.34 bits per heavy atom. The smallest absolute Gasteiger partial charge is 0.123 e. The van der Waals surface area contributed by atoms with Crippen molar-refractivity contribution in [3.05, 3.63) is 58.7 Å². The molecule has 2 atom stereocenters. The van der Waals surface area contributed by atoms with E-state index in [4.69, 9.17) is 9.47 Å². The predicted octanol–water partition coefficient (Wildman–Crippen LogP) is 5.49. The Morgan fingerprint density at radius 2 is 1.06 bits per heavy atom. The maximum absolute atomic E-state index is 10.6. The molecule has 0 radical (unpaired) electrons. The summed E-state index contributed by atoms with van der Waals surface area (Å²) in [4.78, 5) is 2.19. The number of aliphatic hydroxyl groups excluding tert-OH is 2. The van der Waals surface area contributed by atoms with E-state index >= 15 is 0 Å². The molecule has 0 aliphatic carbocycles. The maximum Gasteiger partial charge on any atom is 0.123 e. The molecule has 2 unspecified atom stereocenters. The Balaban J connectivity index is 2.19. The van der Waals surface area contributed by atoms with Crippen molar-refractivity contribution in [2.45, 2.75) is 66.8 Å². The quantitative estimate of drug-likeness (QED) is 0.564. The molecule has 2 aromatic carbocycles. The lowest BCUT2D eigenvalue weighted by atomic mass is 9.84. The summed E-state index contributed by atoms with van der Waals surface area (Å²) in [6.07, 6.45) is -1.12. The summed E-state index contributed by atoms with van der Waals surface area (Å²) in [6, 6.07) is 11.9. The standard InChI is InChI=1S/C27H41NO4/c1-26(2,3)24(29)18-10-12-20(22(14-18)31-8)16-28(7)17-21-13-11-19(15-23(21)32-9)25(30)27(4,5)6/h10-15,24-25,29-30H,16-17H2,1-9H3. The van der Waals surface area contributed by atoms with E-state index in [0.717, 1.165) is 33.8 Å². The topological polar surface area (TPSA) is 62.2 Å². The summed E-state index contributed by atoms with van der Waals surface area (Å²) in [5, 5.41) is 21.2. The lowest BCUT2D eigenvalue weighted by Gasteiger charge is -2.27. The van der Waals surface area contributed by atoms with Gasteiger partial charge in [0.25, 0.3) is 0 Å². The molecule has 2 N–H and O–H groups in total.